The van der Waals surface area contributed by atoms with Crippen LogP contribution in [0.25, 0.3) is 33.6 Å². The molecule has 0 aliphatic carbocycles. The zero-order valence-corrected chi connectivity index (χ0v) is 24.9. The van der Waals surface area contributed by atoms with Gasteiger partial charge in [0.2, 0.25) is 5.88 Å². The summed E-state index contributed by atoms with van der Waals surface area (Å²) in [6.45, 7) is 10.5. The fourth-order valence-electron chi connectivity index (χ4n) is 4.35. The van der Waals surface area contributed by atoms with Gasteiger partial charge in [-0.2, -0.15) is 0 Å². The van der Waals surface area contributed by atoms with Crippen LogP contribution in [0.2, 0.25) is 0 Å². The number of hydrogen-bond donors (Lipinski definition) is 1. The molecule has 0 aliphatic rings. The van der Waals surface area contributed by atoms with Crippen LogP contribution in [0.15, 0.2) is 85.1 Å². The van der Waals surface area contributed by atoms with Crippen LogP contribution in [0.5, 0.6) is 17.4 Å². The predicted octanol–water partition coefficient (Wildman–Crippen LogP) is 8.08. The second kappa shape index (κ2) is 11.5. The summed E-state index contributed by atoms with van der Waals surface area (Å²) in [6.07, 6.45) is 1.70. The molecule has 2 aromatic carbocycles. The third-order valence-electron chi connectivity index (χ3n) is 6.26. The Morgan fingerprint density at radius 3 is 2.10 bits per heavy atom. The minimum Gasteiger partial charge on any atom is -0.507 e. The summed E-state index contributed by atoms with van der Waals surface area (Å²) in [5, 5.41) is 10.6. The number of hydrogen-bond acceptors (Lipinski definition) is 5. The number of benzene rings is 2. The monoisotopic (exact) mass is 695 g/mol. The number of rotatable bonds is 5. The summed E-state index contributed by atoms with van der Waals surface area (Å²) in [4.78, 5) is 13.8. The zero-order valence-electron chi connectivity index (χ0n) is 22.6. The molecule has 200 valence electrons. The van der Waals surface area contributed by atoms with Gasteiger partial charge in [-0.05, 0) is 72.5 Å². The summed E-state index contributed by atoms with van der Waals surface area (Å²) in [5.74, 6) is 1.25. The summed E-state index contributed by atoms with van der Waals surface area (Å²) in [7, 11) is 0. The molecule has 5 rings (SSSR count). The van der Waals surface area contributed by atoms with Crippen LogP contribution in [0.1, 0.15) is 37.7 Å². The second-order valence-corrected chi connectivity index (χ2v) is 10.4. The molecule has 39 heavy (non-hydrogen) atoms. The first-order valence-electron chi connectivity index (χ1n) is 12.6. The van der Waals surface area contributed by atoms with E-state index in [0.29, 0.717) is 22.9 Å². The number of para-hydroxylation sites is 1. The van der Waals surface area contributed by atoms with Gasteiger partial charge >= 0.3 is 0 Å². The maximum absolute atomic E-state index is 10.6. The largest absolute Gasteiger partial charge is 0.507 e. The van der Waals surface area contributed by atoms with Gasteiger partial charge < -0.3 is 9.84 Å². The number of aryl methyl sites for hydroxylation is 2. The van der Waals surface area contributed by atoms with E-state index < -0.39 is 0 Å². The molecule has 0 atom stereocenters. The van der Waals surface area contributed by atoms with Gasteiger partial charge in [0, 0.05) is 56.0 Å². The van der Waals surface area contributed by atoms with Crippen molar-refractivity contribution in [2.45, 2.75) is 40.0 Å². The Hall–Kier alpha value is -3.82. The molecule has 0 unspecified atom stereocenters. The molecule has 0 bridgehead atoms. The van der Waals surface area contributed by atoms with Crippen molar-refractivity contribution >= 4 is 0 Å². The van der Waals surface area contributed by atoms with Crippen molar-refractivity contribution in [3.05, 3.63) is 108 Å². The molecule has 0 radical (unpaired) electrons. The van der Waals surface area contributed by atoms with Crippen LogP contribution >= 0.6 is 0 Å². The van der Waals surface area contributed by atoms with Gasteiger partial charge in [0.05, 0.1) is 5.69 Å². The van der Waals surface area contributed by atoms with Crippen LogP contribution in [-0.4, -0.2) is 20.1 Å². The van der Waals surface area contributed by atoms with E-state index in [1.807, 2.05) is 56.3 Å². The molecular weight excluding hydrogens is 665 g/mol. The number of ether oxygens (including phenoxy) is 1. The van der Waals surface area contributed by atoms with Crippen LogP contribution in [0.4, 0.5) is 0 Å². The molecule has 3 aromatic heterocycles. The van der Waals surface area contributed by atoms with Gasteiger partial charge in [-0.25, -0.2) is 4.98 Å². The summed E-state index contributed by atoms with van der Waals surface area (Å²) < 4.78 is 6.11. The fourth-order valence-corrected chi connectivity index (χ4v) is 4.35. The first-order valence-corrected chi connectivity index (χ1v) is 12.6. The van der Waals surface area contributed by atoms with Crippen molar-refractivity contribution in [1.29, 1.82) is 0 Å². The Labute approximate surface area is 244 Å². The maximum atomic E-state index is 10.6. The van der Waals surface area contributed by atoms with E-state index in [2.05, 4.69) is 61.1 Å². The van der Waals surface area contributed by atoms with E-state index in [1.54, 1.807) is 18.3 Å². The summed E-state index contributed by atoms with van der Waals surface area (Å²) >= 11 is 0. The quantitative estimate of drug-likeness (QED) is 0.189. The summed E-state index contributed by atoms with van der Waals surface area (Å²) in [5.41, 5.74) is 7.70. The Bertz CT molecular complexity index is 1590. The molecule has 6 heteroatoms. The third kappa shape index (κ3) is 6.61. The molecule has 3 heterocycles. The molecule has 5 nitrogen and oxygen atoms in total. The number of phenolic OH excluding ortho intramolecular Hbond substituents is 1. The molecule has 0 spiro atoms. The van der Waals surface area contributed by atoms with Crippen LogP contribution in [-0.2, 0) is 26.5 Å². The topological polar surface area (TPSA) is 68.1 Å². The first kappa shape index (κ1) is 28.2. The molecule has 0 amide bonds. The number of phenols is 1. The van der Waals surface area contributed by atoms with Crippen molar-refractivity contribution < 1.29 is 30.9 Å². The van der Waals surface area contributed by atoms with E-state index in [0.717, 1.165) is 39.3 Å². The standard InChI is InChI=1S/C33H30N3O2.Pt/c1-21-14-23(15-22(2)35-21)24-18-29(36-30(19-24)28-10-6-7-11-31(28)37)25-16-26(33(3,4)5)20-27(17-25)38-32-12-8-9-13-34-32;/h6-16,18-20,37H,1-5H3;/q-1;. The SMILES string of the molecule is Cc1cc(-c2cc(-c3[c-]c(Oc4ccccn4)cc(C(C)(C)C)c3)nc(-c3ccccc3O)c2)cc(C)n1.[Pt]. The molecule has 0 saturated carbocycles. The Balaban J connectivity index is 0.00000353. The summed E-state index contributed by atoms with van der Waals surface area (Å²) in [6, 6.07) is 28.5. The van der Waals surface area contributed by atoms with Crippen molar-refractivity contribution in [2.24, 2.45) is 0 Å². The smallest absolute Gasteiger partial charge is 0.217 e. The van der Waals surface area contributed by atoms with E-state index >= 15 is 0 Å². The number of pyridine rings is 3. The van der Waals surface area contributed by atoms with Crippen molar-refractivity contribution in [3.8, 4) is 51.0 Å². The van der Waals surface area contributed by atoms with E-state index in [-0.39, 0.29) is 32.2 Å². The van der Waals surface area contributed by atoms with Gasteiger partial charge in [-0.15, -0.1) is 17.2 Å². The number of aromatic nitrogens is 3. The third-order valence-corrected chi connectivity index (χ3v) is 6.26. The molecule has 0 aliphatic heterocycles. The van der Waals surface area contributed by atoms with E-state index in [4.69, 9.17) is 9.72 Å². The number of nitrogens with zero attached hydrogens (tertiary/aromatic N) is 3. The average Bonchev–Trinajstić information content (AvgIpc) is 2.88. The Morgan fingerprint density at radius 2 is 1.44 bits per heavy atom. The number of aromatic hydroxyl groups is 1. The maximum Gasteiger partial charge on any atom is 0.217 e. The molecule has 0 fully saturated rings. The van der Waals surface area contributed by atoms with Crippen molar-refractivity contribution in [3.63, 3.8) is 0 Å². The molecule has 0 saturated heterocycles. The molecule has 1 N–H and O–H groups in total. The second-order valence-electron chi connectivity index (χ2n) is 10.4. The van der Waals surface area contributed by atoms with Gasteiger partial charge in [-0.3, -0.25) is 9.97 Å². The van der Waals surface area contributed by atoms with Gasteiger partial charge in [0.15, 0.2) is 0 Å². The molecule has 5 aromatic rings. The van der Waals surface area contributed by atoms with Crippen LogP contribution in [0.3, 0.4) is 0 Å². The fraction of sp³-hybridized carbons (Fsp3) is 0.182. The minimum absolute atomic E-state index is 0. The minimum atomic E-state index is -0.135. The average molecular weight is 696 g/mol. The van der Waals surface area contributed by atoms with Crippen molar-refractivity contribution in [2.75, 3.05) is 0 Å². The van der Waals surface area contributed by atoms with Crippen molar-refractivity contribution in [1.82, 2.24) is 15.0 Å². The zero-order chi connectivity index (χ0) is 26.9. The normalized spacial score (nSPS) is 11.1. The van der Waals surface area contributed by atoms with Gasteiger partial charge in [0.25, 0.3) is 0 Å². The van der Waals surface area contributed by atoms with E-state index in [9.17, 15) is 5.11 Å². The first-order chi connectivity index (χ1) is 18.2. The molecular formula is C33H30N3O2Pt-. The van der Waals surface area contributed by atoms with Gasteiger partial charge in [0.1, 0.15) is 5.75 Å². The van der Waals surface area contributed by atoms with Gasteiger partial charge in [-0.1, -0.05) is 57.2 Å². The van der Waals surface area contributed by atoms with Crippen LogP contribution in [0, 0.1) is 19.9 Å². The predicted molar refractivity (Wildman–Crippen MR) is 151 cm³/mol. The Kier molecular flexibility index (Phi) is 8.32. The Morgan fingerprint density at radius 1 is 0.769 bits per heavy atom. The van der Waals surface area contributed by atoms with Crippen LogP contribution < -0.4 is 4.74 Å². The van der Waals surface area contributed by atoms with E-state index in [1.165, 1.54) is 0 Å².